The average Bonchev–Trinajstić information content (AvgIpc) is 2.07. The van der Waals surface area contributed by atoms with E-state index in [1.165, 1.54) is 155 Å². The standard InChI is InChI=1S/C49H37N3.C46H33N3.C44H31N3/c1-48(2)41-22-10-8-19-36(41)38-25-24-34(28-43(38)48)47-51-45(30-14-6-5-7-15-30)50-46(52-47)33-18-12-16-31(26-33)35-21-13-17-32-27-40-37-20-9-11-23-42(37)49(3,4)44(40)29-39(32)35;1-46(2)40-25-10-9-22-39(40)42-38-24-13-23-36(37(38)26-27-41(42)46)34-20-11-18-32(28-34)33-19-12-21-35(29-33)45-48-43(30-14-5-3-6-15-30)47-44(49-45)31-16-7-4-8-17-31;1-44(2)39-23-12-11-21-35(39)38-27-37-30(26-40(38)44)18-13-22-33(37)34-24-25-36(32-20-10-9-19-31(32)34)43-46-41(28-14-5-3-6-15-28)45-42(47-43)29-16-7-4-8-17-29/h5-29H,1-4H3;3-29H,1-2H3;3-27H,1-2H3. The molecule has 0 saturated heterocycles. The Labute approximate surface area is 862 Å². The Kier molecular flexibility index (Phi) is 21.8. The lowest BCUT2D eigenvalue weighted by molar-refractivity contribution is 0.660. The number of fused-ring (bicyclic) bond motifs is 17. The van der Waals surface area contributed by atoms with E-state index >= 15 is 0 Å². The molecule has 4 aliphatic carbocycles. The van der Waals surface area contributed by atoms with Crippen molar-refractivity contribution < 1.29 is 0 Å². The molecule has 4 aliphatic rings. The summed E-state index contributed by atoms with van der Waals surface area (Å²) in [5, 5.41) is 9.86. The highest BCUT2D eigenvalue weighted by Gasteiger charge is 2.41. The fraction of sp³-hybridized carbons (Fsp3) is 0.0863. The molecule has 702 valence electrons. The van der Waals surface area contributed by atoms with E-state index in [4.69, 9.17) is 44.9 Å². The molecule has 0 amide bonds. The van der Waals surface area contributed by atoms with E-state index in [0.717, 1.165) is 72.1 Å². The number of benzene rings is 21. The molecular weight excluding hydrogens is 1800 g/mol. The number of hydrogen-bond acceptors (Lipinski definition) is 9. The average molecular weight is 1900 g/mol. The third-order valence-electron chi connectivity index (χ3n) is 31.2. The number of rotatable bonds is 13. The number of hydrogen-bond donors (Lipinski definition) is 0. The van der Waals surface area contributed by atoms with Gasteiger partial charge in [0.2, 0.25) is 0 Å². The lowest BCUT2D eigenvalue weighted by Gasteiger charge is -2.22. The molecule has 0 bridgehead atoms. The van der Waals surface area contributed by atoms with Crippen LogP contribution < -0.4 is 0 Å². The monoisotopic (exact) mass is 1900 g/mol. The fourth-order valence-electron chi connectivity index (χ4n) is 23.6. The van der Waals surface area contributed by atoms with Crippen LogP contribution in [0.2, 0.25) is 0 Å². The summed E-state index contributed by atoms with van der Waals surface area (Å²) in [4.78, 5) is 45.2. The van der Waals surface area contributed by atoms with Crippen LogP contribution in [-0.4, -0.2) is 44.9 Å². The van der Waals surface area contributed by atoms with Gasteiger partial charge in [-0.2, -0.15) is 0 Å². The second kappa shape index (κ2) is 35.9. The van der Waals surface area contributed by atoms with Gasteiger partial charge in [0.05, 0.1) is 0 Å². The molecule has 0 N–H and O–H groups in total. The van der Waals surface area contributed by atoms with Gasteiger partial charge in [0, 0.05) is 71.7 Å². The Morgan fingerprint density at radius 1 is 0.122 bits per heavy atom. The summed E-state index contributed by atoms with van der Waals surface area (Å²) >= 11 is 0. The van der Waals surface area contributed by atoms with Gasteiger partial charge in [-0.25, -0.2) is 44.9 Å². The van der Waals surface area contributed by atoms with E-state index in [-0.39, 0.29) is 21.7 Å². The predicted molar refractivity (Wildman–Crippen MR) is 610 cm³/mol. The van der Waals surface area contributed by atoms with E-state index in [2.05, 4.69) is 383 Å². The Bertz CT molecular complexity index is 9340. The first-order chi connectivity index (χ1) is 72.4. The van der Waals surface area contributed by atoms with Crippen molar-refractivity contribution in [3.05, 3.63) is 512 Å². The van der Waals surface area contributed by atoms with Crippen LogP contribution in [0.15, 0.2) is 467 Å². The van der Waals surface area contributed by atoms with Crippen molar-refractivity contribution in [3.8, 4) is 192 Å². The quantitative estimate of drug-likeness (QED) is 0.111. The molecule has 0 atom stereocenters. The molecular formula is C139H101N9. The van der Waals surface area contributed by atoms with Crippen molar-refractivity contribution in [1.82, 2.24) is 44.9 Å². The third kappa shape index (κ3) is 15.5. The first-order valence-corrected chi connectivity index (χ1v) is 51.0. The molecule has 24 aromatic rings. The zero-order valence-electron chi connectivity index (χ0n) is 83.5. The molecule has 9 heteroatoms. The summed E-state index contributed by atoms with van der Waals surface area (Å²) in [7, 11) is 0. The first-order valence-electron chi connectivity index (χ1n) is 51.0. The van der Waals surface area contributed by atoms with Crippen LogP contribution in [-0.2, 0) is 21.7 Å². The fourth-order valence-corrected chi connectivity index (χ4v) is 23.6. The molecule has 0 aliphatic heterocycles. The van der Waals surface area contributed by atoms with Crippen molar-refractivity contribution >= 4 is 43.1 Å². The zero-order chi connectivity index (χ0) is 99.7. The van der Waals surface area contributed by atoms with E-state index in [1.807, 2.05) is 140 Å². The zero-order valence-corrected chi connectivity index (χ0v) is 83.5. The molecule has 9 nitrogen and oxygen atoms in total. The van der Waals surface area contributed by atoms with Gasteiger partial charge in [-0.15, -0.1) is 0 Å². The maximum absolute atomic E-state index is 5.19. The van der Waals surface area contributed by atoms with Gasteiger partial charge in [0.15, 0.2) is 52.4 Å². The molecule has 21 aromatic carbocycles. The van der Waals surface area contributed by atoms with Crippen LogP contribution in [0.4, 0.5) is 0 Å². The Balaban J connectivity index is 0.000000112. The first kappa shape index (κ1) is 89.8. The molecule has 0 saturated carbocycles. The highest BCUT2D eigenvalue weighted by molar-refractivity contribution is 6.12. The molecule has 148 heavy (non-hydrogen) atoms. The van der Waals surface area contributed by atoms with Crippen LogP contribution >= 0.6 is 0 Å². The number of aromatic nitrogens is 9. The minimum Gasteiger partial charge on any atom is -0.208 e. The smallest absolute Gasteiger partial charge is 0.164 e. The lowest BCUT2D eigenvalue weighted by Crippen LogP contribution is -2.15. The highest BCUT2D eigenvalue weighted by atomic mass is 15.1. The normalized spacial score (nSPS) is 13.5. The molecule has 0 fully saturated rings. The molecule has 3 heterocycles. The third-order valence-corrected chi connectivity index (χ3v) is 31.2. The maximum atomic E-state index is 5.19. The lowest BCUT2D eigenvalue weighted by atomic mass is 9.81. The van der Waals surface area contributed by atoms with Crippen molar-refractivity contribution in [2.24, 2.45) is 0 Å². The second-order valence-corrected chi connectivity index (χ2v) is 41.4. The topological polar surface area (TPSA) is 116 Å². The van der Waals surface area contributed by atoms with Gasteiger partial charge in [0.1, 0.15) is 0 Å². The van der Waals surface area contributed by atoms with E-state index in [1.54, 1.807) is 0 Å². The van der Waals surface area contributed by atoms with Gasteiger partial charge in [-0.1, -0.05) is 468 Å². The largest absolute Gasteiger partial charge is 0.208 e. The minimum atomic E-state index is -0.120. The summed E-state index contributed by atoms with van der Waals surface area (Å²) in [6, 6.07) is 166. The van der Waals surface area contributed by atoms with Gasteiger partial charge in [-0.05, 0) is 231 Å². The minimum absolute atomic E-state index is 0.0245. The predicted octanol–water partition coefficient (Wildman–Crippen LogP) is 35.1. The second-order valence-electron chi connectivity index (χ2n) is 41.4. The molecule has 3 aromatic heterocycles. The van der Waals surface area contributed by atoms with Gasteiger partial charge in [0.25, 0.3) is 0 Å². The molecule has 0 radical (unpaired) electrons. The molecule has 28 rings (SSSR count). The summed E-state index contributed by atoms with van der Waals surface area (Å²) in [5.74, 6) is 5.94. The van der Waals surface area contributed by atoms with Crippen molar-refractivity contribution in [3.63, 3.8) is 0 Å². The molecule has 0 spiro atoms. The number of nitrogens with zero attached hydrogens (tertiary/aromatic N) is 9. The van der Waals surface area contributed by atoms with Crippen LogP contribution in [0.5, 0.6) is 0 Å². The van der Waals surface area contributed by atoms with Crippen LogP contribution in [0, 0.1) is 0 Å². The SMILES string of the molecule is CC1(C)c2ccccc2-c2c1ccc1c(-c3cccc(-c4cccc(-c5nc(-c6ccccc6)nc(-c6ccccc6)n5)c4)c3)cccc21.CC1(C)c2ccccc2-c2cc3c(-c4ccc(-c5nc(-c6ccccc6)nc(-c6ccccc6)n5)c5ccccc45)cccc3cc21.CC1(C)c2ccccc2-c2ccc(-c3nc(-c4ccccc4)nc(-c4cccc(-c5cccc6cc7c(cc56)C(C)(C)c5ccccc5-7)c4)n3)cc21. The van der Waals surface area contributed by atoms with Crippen LogP contribution in [0.25, 0.3) is 235 Å². The van der Waals surface area contributed by atoms with E-state index in [0.29, 0.717) is 52.4 Å². The van der Waals surface area contributed by atoms with Crippen molar-refractivity contribution in [2.75, 3.05) is 0 Å². The summed E-state index contributed by atoms with van der Waals surface area (Å²) in [6.45, 7) is 18.7. The Morgan fingerprint density at radius 2 is 0.392 bits per heavy atom. The Hall–Kier alpha value is -18.3. The van der Waals surface area contributed by atoms with E-state index in [9.17, 15) is 0 Å². The van der Waals surface area contributed by atoms with Crippen LogP contribution in [0.3, 0.4) is 0 Å². The van der Waals surface area contributed by atoms with Gasteiger partial charge >= 0.3 is 0 Å². The van der Waals surface area contributed by atoms with E-state index < -0.39 is 0 Å². The van der Waals surface area contributed by atoms with Crippen molar-refractivity contribution in [1.29, 1.82) is 0 Å². The van der Waals surface area contributed by atoms with Crippen LogP contribution in [0.1, 0.15) is 99.9 Å². The highest BCUT2D eigenvalue weighted by Crippen LogP contribution is 2.57. The van der Waals surface area contributed by atoms with Gasteiger partial charge in [-0.3, -0.25) is 0 Å². The van der Waals surface area contributed by atoms with Crippen molar-refractivity contribution in [2.45, 2.75) is 77.0 Å². The summed E-state index contributed by atoms with van der Waals surface area (Å²) in [5.41, 5.74) is 39.5. The maximum Gasteiger partial charge on any atom is 0.164 e. The summed E-state index contributed by atoms with van der Waals surface area (Å²) in [6.07, 6.45) is 0. The summed E-state index contributed by atoms with van der Waals surface area (Å²) < 4.78 is 0. The Morgan fingerprint density at radius 3 is 0.878 bits per heavy atom. The van der Waals surface area contributed by atoms with Gasteiger partial charge < -0.3 is 0 Å². The molecule has 0 unspecified atom stereocenters.